The van der Waals surface area contributed by atoms with E-state index in [1.807, 2.05) is 0 Å². The number of carbonyl (C=O) groups is 2. The second-order valence-electron chi connectivity index (χ2n) is 9.36. The number of Topliss-reactive ketones (excluding diaryl/α,β-unsaturated/α-hetero) is 2. The van der Waals surface area contributed by atoms with E-state index in [9.17, 15) is 9.59 Å². The van der Waals surface area contributed by atoms with Crippen LogP contribution in [0.25, 0.3) is 0 Å². The van der Waals surface area contributed by atoms with Gasteiger partial charge in [0.2, 0.25) is 0 Å². The van der Waals surface area contributed by atoms with Crippen LogP contribution in [0.4, 0.5) is 0 Å². The number of ketones is 2. The SMILES string of the molecule is C[C@H]1C[C@@H]2[C@H](CC[C@]3(C)C(=O)CC[C@@H]23)[C@@]2(C)CCC(=O)CC12. The molecule has 0 radical (unpaired) electrons. The van der Waals surface area contributed by atoms with Crippen LogP contribution in [-0.2, 0) is 9.59 Å². The van der Waals surface area contributed by atoms with Gasteiger partial charge in [-0.1, -0.05) is 20.8 Å². The second kappa shape index (κ2) is 4.68. The monoisotopic (exact) mass is 302 g/mol. The van der Waals surface area contributed by atoms with Crippen molar-refractivity contribution in [3.63, 3.8) is 0 Å². The van der Waals surface area contributed by atoms with Crippen molar-refractivity contribution in [2.75, 3.05) is 0 Å². The fourth-order valence-corrected chi connectivity index (χ4v) is 7.29. The quantitative estimate of drug-likeness (QED) is 0.664. The zero-order valence-electron chi connectivity index (χ0n) is 14.4. The highest BCUT2D eigenvalue weighted by molar-refractivity contribution is 5.87. The lowest BCUT2D eigenvalue weighted by molar-refractivity contribution is -0.151. The highest BCUT2D eigenvalue weighted by atomic mass is 16.1. The van der Waals surface area contributed by atoms with Gasteiger partial charge in [-0.3, -0.25) is 9.59 Å². The zero-order chi connectivity index (χ0) is 15.7. The maximum atomic E-state index is 12.4. The van der Waals surface area contributed by atoms with Gasteiger partial charge < -0.3 is 0 Å². The van der Waals surface area contributed by atoms with E-state index in [1.54, 1.807) is 0 Å². The summed E-state index contributed by atoms with van der Waals surface area (Å²) in [5, 5.41) is 0. The van der Waals surface area contributed by atoms with Gasteiger partial charge in [-0.25, -0.2) is 0 Å². The Labute approximate surface area is 134 Å². The summed E-state index contributed by atoms with van der Waals surface area (Å²) in [4.78, 5) is 24.4. The summed E-state index contributed by atoms with van der Waals surface area (Å²) in [6.45, 7) is 7.12. The fraction of sp³-hybridized carbons (Fsp3) is 0.900. The van der Waals surface area contributed by atoms with Gasteiger partial charge in [-0.05, 0) is 67.1 Å². The van der Waals surface area contributed by atoms with Crippen molar-refractivity contribution in [3.8, 4) is 0 Å². The molecule has 122 valence electrons. The smallest absolute Gasteiger partial charge is 0.139 e. The molecular formula is C20H30O2. The molecule has 0 spiro atoms. The Kier molecular flexibility index (Phi) is 3.17. The predicted molar refractivity (Wildman–Crippen MR) is 86.3 cm³/mol. The first-order valence-corrected chi connectivity index (χ1v) is 9.41. The van der Waals surface area contributed by atoms with Crippen LogP contribution < -0.4 is 0 Å². The van der Waals surface area contributed by atoms with E-state index in [0.717, 1.165) is 50.4 Å². The van der Waals surface area contributed by atoms with Crippen molar-refractivity contribution < 1.29 is 9.59 Å². The van der Waals surface area contributed by atoms with Gasteiger partial charge in [0.15, 0.2) is 0 Å². The van der Waals surface area contributed by atoms with Crippen LogP contribution in [0.2, 0.25) is 0 Å². The second-order valence-corrected chi connectivity index (χ2v) is 9.36. The fourth-order valence-electron chi connectivity index (χ4n) is 7.29. The van der Waals surface area contributed by atoms with E-state index in [0.29, 0.717) is 34.7 Å². The van der Waals surface area contributed by atoms with Crippen molar-refractivity contribution in [2.45, 2.75) is 72.1 Å². The maximum Gasteiger partial charge on any atom is 0.139 e. The topological polar surface area (TPSA) is 34.1 Å². The number of hydrogen-bond acceptors (Lipinski definition) is 2. The molecule has 7 atom stereocenters. The van der Waals surface area contributed by atoms with Gasteiger partial charge in [-0.2, -0.15) is 0 Å². The Bertz CT molecular complexity index is 524. The molecule has 1 unspecified atom stereocenters. The summed E-state index contributed by atoms with van der Waals surface area (Å²) in [6.07, 6.45) is 8.23. The Hall–Kier alpha value is -0.660. The Morgan fingerprint density at radius 3 is 2.50 bits per heavy atom. The van der Waals surface area contributed by atoms with Gasteiger partial charge >= 0.3 is 0 Å². The van der Waals surface area contributed by atoms with E-state index in [-0.39, 0.29) is 5.41 Å². The summed E-state index contributed by atoms with van der Waals surface area (Å²) < 4.78 is 0. The molecule has 22 heavy (non-hydrogen) atoms. The van der Waals surface area contributed by atoms with Gasteiger partial charge in [0, 0.05) is 24.7 Å². The maximum absolute atomic E-state index is 12.4. The molecular weight excluding hydrogens is 272 g/mol. The van der Waals surface area contributed by atoms with Gasteiger partial charge in [-0.15, -0.1) is 0 Å². The molecule has 4 fully saturated rings. The molecule has 0 heterocycles. The summed E-state index contributed by atoms with van der Waals surface area (Å²) >= 11 is 0. The lowest BCUT2D eigenvalue weighted by Crippen LogP contribution is -2.55. The molecule has 0 aromatic carbocycles. The minimum absolute atomic E-state index is 0.0193. The van der Waals surface area contributed by atoms with Crippen molar-refractivity contribution in [2.24, 2.45) is 40.4 Å². The highest BCUT2D eigenvalue weighted by Crippen LogP contribution is 2.66. The summed E-state index contributed by atoms with van der Waals surface area (Å²) in [7, 11) is 0. The van der Waals surface area contributed by atoms with Crippen molar-refractivity contribution >= 4 is 11.6 Å². The molecule has 2 heteroatoms. The normalized spacial score (nSPS) is 54.6. The predicted octanol–water partition coefficient (Wildman–Crippen LogP) is 4.41. The van der Waals surface area contributed by atoms with Crippen molar-refractivity contribution in [3.05, 3.63) is 0 Å². The molecule has 2 nitrogen and oxygen atoms in total. The summed E-state index contributed by atoms with van der Waals surface area (Å²) in [6, 6.07) is 0. The van der Waals surface area contributed by atoms with Crippen LogP contribution in [0.5, 0.6) is 0 Å². The largest absolute Gasteiger partial charge is 0.300 e. The minimum atomic E-state index is -0.0193. The molecule has 4 rings (SSSR count). The molecule has 4 saturated carbocycles. The number of carbonyl (C=O) groups excluding carboxylic acids is 2. The lowest BCUT2D eigenvalue weighted by atomic mass is 9.43. The van der Waals surface area contributed by atoms with E-state index in [1.165, 1.54) is 12.8 Å². The summed E-state index contributed by atoms with van der Waals surface area (Å²) in [5.74, 6) is 4.38. The van der Waals surface area contributed by atoms with Crippen LogP contribution in [0.1, 0.15) is 72.1 Å². The first-order valence-electron chi connectivity index (χ1n) is 9.41. The average molecular weight is 302 g/mol. The molecule has 0 N–H and O–H groups in total. The molecule has 0 aliphatic heterocycles. The van der Waals surface area contributed by atoms with Crippen LogP contribution >= 0.6 is 0 Å². The first-order chi connectivity index (χ1) is 10.4. The third-order valence-corrected chi connectivity index (χ3v) is 8.56. The molecule has 0 amide bonds. The van der Waals surface area contributed by atoms with E-state index < -0.39 is 0 Å². The zero-order valence-corrected chi connectivity index (χ0v) is 14.4. The van der Waals surface area contributed by atoms with Crippen molar-refractivity contribution in [1.29, 1.82) is 0 Å². The van der Waals surface area contributed by atoms with Crippen LogP contribution in [0, 0.1) is 40.4 Å². The molecule has 0 bridgehead atoms. The highest BCUT2D eigenvalue weighted by Gasteiger charge is 2.61. The van der Waals surface area contributed by atoms with Crippen LogP contribution in [0.15, 0.2) is 0 Å². The Morgan fingerprint density at radius 1 is 0.955 bits per heavy atom. The Balaban J connectivity index is 1.69. The molecule has 4 aliphatic carbocycles. The number of rotatable bonds is 0. The number of hydrogen-bond donors (Lipinski definition) is 0. The van der Waals surface area contributed by atoms with E-state index in [4.69, 9.17) is 0 Å². The molecule has 4 aliphatic rings. The van der Waals surface area contributed by atoms with Gasteiger partial charge in [0.05, 0.1) is 0 Å². The Morgan fingerprint density at radius 2 is 1.73 bits per heavy atom. The summed E-state index contributed by atoms with van der Waals surface area (Å²) in [5.41, 5.74) is 0.331. The first kappa shape index (κ1) is 14.9. The number of fused-ring (bicyclic) bond motifs is 5. The molecule has 0 saturated heterocycles. The molecule has 0 aromatic heterocycles. The van der Waals surface area contributed by atoms with Crippen molar-refractivity contribution in [1.82, 2.24) is 0 Å². The standard InChI is InChI=1S/C20H30O2/c1-12-10-14-15-4-5-18(22)20(15,3)9-7-16(14)19(2)8-6-13(21)11-17(12)19/h12,14-17H,4-11H2,1-3H3/t12-,14-,15-,16-,17?,19+,20-/m0/s1. The van der Waals surface area contributed by atoms with Crippen LogP contribution in [0.3, 0.4) is 0 Å². The van der Waals surface area contributed by atoms with Crippen LogP contribution in [-0.4, -0.2) is 11.6 Å². The lowest BCUT2D eigenvalue weighted by Gasteiger charge is -2.61. The van der Waals surface area contributed by atoms with Gasteiger partial charge in [0.25, 0.3) is 0 Å². The average Bonchev–Trinajstić information content (AvgIpc) is 2.77. The molecule has 0 aromatic rings. The van der Waals surface area contributed by atoms with Gasteiger partial charge in [0.1, 0.15) is 11.6 Å². The van der Waals surface area contributed by atoms with E-state index >= 15 is 0 Å². The minimum Gasteiger partial charge on any atom is -0.300 e. The van der Waals surface area contributed by atoms with E-state index in [2.05, 4.69) is 20.8 Å². The third-order valence-electron chi connectivity index (χ3n) is 8.56. The third kappa shape index (κ3) is 1.79.